The predicted molar refractivity (Wildman–Crippen MR) is 63.9 cm³/mol. The van der Waals surface area contributed by atoms with Gasteiger partial charge in [0, 0.05) is 38.3 Å². The molecule has 1 aromatic carbocycles. The summed E-state index contributed by atoms with van der Waals surface area (Å²) in [7, 11) is 0. The van der Waals surface area contributed by atoms with E-state index in [4.69, 9.17) is 0 Å². The number of hydrogen-bond donors (Lipinski definition) is 1. The molecule has 5 heteroatoms. The van der Waals surface area contributed by atoms with Crippen molar-refractivity contribution in [2.45, 2.75) is 19.4 Å². The molecule has 1 aromatic rings. The van der Waals surface area contributed by atoms with Crippen LogP contribution in [0.25, 0.3) is 0 Å². The van der Waals surface area contributed by atoms with Crippen molar-refractivity contribution in [2.24, 2.45) is 0 Å². The molecule has 0 spiro atoms. The Hall–Kier alpha value is -1.07. The molecule has 1 fully saturated rings. The number of halogens is 3. The number of hydrogen-bond acceptors (Lipinski definition) is 2. The van der Waals surface area contributed by atoms with Crippen molar-refractivity contribution in [3.05, 3.63) is 35.1 Å². The van der Waals surface area contributed by atoms with Gasteiger partial charge in [0.05, 0.1) is 0 Å². The highest BCUT2D eigenvalue weighted by atomic mass is 19.2. The highest BCUT2D eigenvalue weighted by Gasteiger charge is 2.17. The minimum Gasteiger partial charge on any atom is -0.312 e. The van der Waals surface area contributed by atoms with Crippen molar-refractivity contribution in [1.29, 1.82) is 0 Å². The lowest BCUT2D eigenvalue weighted by Gasteiger charge is -2.31. The van der Waals surface area contributed by atoms with E-state index in [9.17, 15) is 13.2 Å². The van der Waals surface area contributed by atoms with Gasteiger partial charge >= 0.3 is 0 Å². The van der Waals surface area contributed by atoms with E-state index in [0.717, 1.165) is 25.7 Å². The summed E-state index contributed by atoms with van der Waals surface area (Å²) in [5.74, 6) is -2.77. The Morgan fingerprint density at radius 2 is 2.11 bits per heavy atom. The second-order valence-electron chi connectivity index (χ2n) is 4.77. The van der Waals surface area contributed by atoms with Crippen LogP contribution < -0.4 is 5.32 Å². The maximum absolute atomic E-state index is 13.4. The first-order valence-electron chi connectivity index (χ1n) is 6.15. The predicted octanol–water partition coefficient (Wildman–Crippen LogP) is 1.94. The fourth-order valence-electron chi connectivity index (χ4n) is 2.29. The van der Waals surface area contributed by atoms with E-state index < -0.39 is 17.5 Å². The van der Waals surface area contributed by atoms with Crippen molar-refractivity contribution < 1.29 is 13.2 Å². The van der Waals surface area contributed by atoms with Crippen molar-refractivity contribution in [2.75, 3.05) is 26.2 Å². The molecule has 1 aliphatic heterocycles. The van der Waals surface area contributed by atoms with Crippen molar-refractivity contribution in [3.63, 3.8) is 0 Å². The second-order valence-corrected chi connectivity index (χ2v) is 4.77. The summed E-state index contributed by atoms with van der Waals surface area (Å²) in [5.41, 5.74) is 0.110. The topological polar surface area (TPSA) is 15.3 Å². The number of nitrogens with one attached hydrogen (secondary N) is 1. The fraction of sp³-hybridized carbons (Fsp3) is 0.538. The standard InChI is InChI=1S/C13H17F3N2/c1-9-8-18(5-3-17-9)4-2-10-6-11(14)7-12(15)13(10)16/h6-7,9,17H,2-5,8H2,1H3/t9-/m0/s1. The third-order valence-corrected chi connectivity index (χ3v) is 3.22. The van der Waals surface area contributed by atoms with E-state index in [0.29, 0.717) is 25.1 Å². The molecular weight excluding hydrogens is 241 g/mol. The zero-order chi connectivity index (χ0) is 13.1. The number of piperazine rings is 1. The molecule has 0 bridgehead atoms. The summed E-state index contributed by atoms with van der Waals surface area (Å²) in [5, 5.41) is 3.30. The molecule has 2 nitrogen and oxygen atoms in total. The maximum atomic E-state index is 13.4. The molecule has 0 radical (unpaired) electrons. The highest BCUT2D eigenvalue weighted by Crippen LogP contribution is 2.15. The van der Waals surface area contributed by atoms with Gasteiger partial charge in [-0.25, -0.2) is 13.2 Å². The van der Waals surface area contributed by atoms with E-state index >= 15 is 0 Å². The van der Waals surface area contributed by atoms with Gasteiger partial charge in [-0.3, -0.25) is 0 Å². The third kappa shape index (κ3) is 3.23. The van der Waals surface area contributed by atoms with Crippen molar-refractivity contribution in [3.8, 4) is 0 Å². The van der Waals surface area contributed by atoms with Gasteiger partial charge in [0.2, 0.25) is 0 Å². The van der Waals surface area contributed by atoms with E-state index in [1.165, 1.54) is 0 Å². The fourth-order valence-corrected chi connectivity index (χ4v) is 2.29. The zero-order valence-electron chi connectivity index (χ0n) is 10.3. The highest BCUT2D eigenvalue weighted by molar-refractivity contribution is 5.20. The zero-order valence-corrected chi connectivity index (χ0v) is 10.3. The van der Waals surface area contributed by atoms with E-state index in [1.807, 2.05) is 0 Å². The smallest absolute Gasteiger partial charge is 0.162 e. The molecule has 0 aliphatic carbocycles. The van der Waals surface area contributed by atoms with E-state index in [2.05, 4.69) is 17.1 Å². The van der Waals surface area contributed by atoms with Gasteiger partial charge in [-0.15, -0.1) is 0 Å². The first-order valence-corrected chi connectivity index (χ1v) is 6.15. The largest absolute Gasteiger partial charge is 0.312 e. The monoisotopic (exact) mass is 258 g/mol. The lowest BCUT2D eigenvalue weighted by Crippen LogP contribution is -2.49. The molecule has 1 heterocycles. The Balaban J connectivity index is 1.97. The molecule has 18 heavy (non-hydrogen) atoms. The molecule has 1 N–H and O–H groups in total. The van der Waals surface area contributed by atoms with Gasteiger partial charge in [0.1, 0.15) is 5.82 Å². The summed E-state index contributed by atoms with van der Waals surface area (Å²) in [6.45, 7) is 5.34. The maximum Gasteiger partial charge on any atom is 0.162 e. The summed E-state index contributed by atoms with van der Waals surface area (Å²) < 4.78 is 39.5. The summed E-state index contributed by atoms with van der Waals surface area (Å²) in [6.07, 6.45) is 0.327. The van der Waals surface area contributed by atoms with Crippen LogP contribution in [0, 0.1) is 17.5 Å². The quantitative estimate of drug-likeness (QED) is 0.834. The van der Waals surface area contributed by atoms with Gasteiger partial charge in [-0.2, -0.15) is 0 Å². The molecule has 0 saturated carbocycles. The van der Waals surface area contributed by atoms with Gasteiger partial charge in [0.25, 0.3) is 0 Å². The molecular formula is C13H17F3N2. The Labute approximate surface area is 105 Å². The molecule has 1 saturated heterocycles. The van der Waals surface area contributed by atoms with Crippen molar-refractivity contribution in [1.82, 2.24) is 10.2 Å². The van der Waals surface area contributed by atoms with Gasteiger partial charge < -0.3 is 10.2 Å². The van der Waals surface area contributed by atoms with Crippen LogP contribution in [0.1, 0.15) is 12.5 Å². The Kier molecular flexibility index (Phi) is 4.24. The van der Waals surface area contributed by atoms with Crippen LogP contribution in [0.15, 0.2) is 12.1 Å². The third-order valence-electron chi connectivity index (χ3n) is 3.22. The molecule has 0 aromatic heterocycles. The van der Waals surface area contributed by atoms with Gasteiger partial charge in [0.15, 0.2) is 11.6 Å². The Morgan fingerprint density at radius 1 is 1.33 bits per heavy atom. The van der Waals surface area contributed by atoms with Crippen LogP contribution in [-0.4, -0.2) is 37.1 Å². The average Bonchev–Trinajstić information content (AvgIpc) is 2.32. The Morgan fingerprint density at radius 3 is 2.83 bits per heavy atom. The first kappa shape index (κ1) is 13.4. The summed E-state index contributed by atoms with van der Waals surface area (Å²) >= 11 is 0. The molecule has 2 rings (SSSR count). The van der Waals surface area contributed by atoms with Crippen LogP contribution >= 0.6 is 0 Å². The summed E-state index contributed by atoms with van der Waals surface area (Å²) in [6, 6.07) is 2.04. The molecule has 0 amide bonds. The molecule has 100 valence electrons. The van der Waals surface area contributed by atoms with Crippen LogP contribution in [0.2, 0.25) is 0 Å². The van der Waals surface area contributed by atoms with Crippen LogP contribution in [0.4, 0.5) is 13.2 Å². The summed E-state index contributed by atoms with van der Waals surface area (Å²) in [4.78, 5) is 2.17. The average molecular weight is 258 g/mol. The van der Waals surface area contributed by atoms with Crippen molar-refractivity contribution >= 4 is 0 Å². The number of rotatable bonds is 3. The number of nitrogens with zero attached hydrogens (tertiary/aromatic N) is 1. The first-order chi connectivity index (χ1) is 8.56. The van der Waals surface area contributed by atoms with Crippen LogP contribution in [-0.2, 0) is 6.42 Å². The molecule has 1 atom stereocenters. The normalized spacial score (nSPS) is 21.2. The van der Waals surface area contributed by atoms with Crippen LogP contribution in [0.5, 0.6) is 0 Å². The van der Waals surface area contributed by atoms with Crippen LogP contribution in [0.3, 0.4) is 0 Å². The van der Waals surface area contributed by atoms with Gasteiger partial charge in [-0.05, 0) is 25.0 Å². The second kappa shape index (κ2) is 5.71. The minimum absolute atomic E-state index is 0.110. The van der Waals surface area contributed by atoms with E-state index in [-0.39, 0.29) is 5.56 Å². The number of benzene rings is 1. The molecule has 1 aliphatic rings. The lowest BCUT2D eigenvalue weighted by atomic mass is 10.1. The SMILES string of the molecule is C[C@H]1CN(CCc2cc(F)cc(F)c2F)CCN1. The lowest BCUT2D eigenvalue weighted by molar-refractivity contribution is 0.208. The van der Waals surface area contributed by atoms with Gasteiger partial charge in [-0.1, -0.05) is 0 Å². The van der Waals surface area contributed by atoms with E-state index in [1.54, 1.807) is 0 Å². The minimum atomic E-state index is -1.11. The Bertz CT molecular complexity index is 423. The molecule has 0 unspecified atom stereocenters.